The monoisotopic (exact) mass is 313 g/mol. The molecule has 1 atom stereocenters. The van der Waals surface area contributed by atoms with E-state index < -0.39 is 17.2 Å². The number of rotatable bonds is 4. The number of nitrogens with zero attached hydrogens (tertiary/aromatic N) is 1. The molecule has 0 aromatic carbocycles. The first-order valence-electron chi connectivity index (χ1n) is 8.44. The second-order valence-corrected chi connectivity index (χ2v) is 6.94. The van der Waals surface area contributed by atoms with Gasteiger partial charge >= 0.3 is 12.1 Å². The fourth-order valence-corrected chi connectivity index (χ4v) is 3.05. The molecule has 1 saturated heterocycles. The molecule has 0 N–H and O–H groups in total. The third-order valence-electron chi connectivity index (χ3n) is 3.92. The van der Waals surface area contributed by atoms with E-state index in [0.717, 1.165) is 25.7 Å². The first kappa shape index (κ1) is 18.8. The fourth-order valence-electron chi connectivity index (χ4n) is 3.05. The first-order chi connectivity index (χ1) is 10.3. The number of carbonyl (C=O) groups is 2. The SMILES string of the molecule is CCC[C@@]1(C(=O)OCC)CCCCCN1C(=O)OC(C)(C)C. The molecule has 1 aliphatic rings. The van der Waals surface area contributed by atoms with Gasteiger partial charge in [0.15, 0.2) is 0 Å². The summed E-state index contributed by atoms with van der Waals surface area (Å²) < 4.78 is 10.9. The van der Waals surface area contributed by atoms with Crippen LogP contribution in [0.15, 0.2) is 0 Å². The van der Waals surface area contributed by atoms with Gasteiger partial charge in [0, 0.05) is 6.54 Å². The summed E-state index contributed by atoms with van der Waals surface area (Å²) in [6.07, 6.45) is 4.52. The average Bonchev–Trinajstić information content (AvgIpc) is 2.61. The molecule has 0 saturated carbocycles. The molecular formula is C17H31NO4. The van der Waals surface area contributed by atoms with Crippen molar-refractivity contribution in [2.24, 2.45) is 0 Å². The van der Waals surface area contributed by atoms with Gasteiger partial charge in [-0.05, 0) is 47.0 Å². The van der Waals surface area contributed by atoms with Crippen molar-refractivity contribution < 1.29 is 19.1 Å². The standard InChI is InChI=1S/C17H31NO4/c1-6-11-17(14(19)21-7-2)12-9-8-10-13-18(17)15(20)22-16(3,4)5/h6-13H2,1-5H3/t17-/m0/s1. The lowest BCUT2D eigenvalue weighted by Crippen LogP contribution is -2.58. The summed E-state index contributed by atoms with van der Waals surface area (Å²) in [5.74, 6) is -0.287. The number of ether oxygens (including phenoxy) is 2. The molecule has 1 amide bonds. The van der Waals surface area contributed by atoms with Gasteiger partial charge in [-0.2, -0.15) is 0 Å². The van der Waals surface area contributed by atoms with Gasteiger partial charge in [0.05, 0.1) is 6.61 Å². The van der Waals surface area contributed by atoms with Crippen LogP contribution in [0.2, 0.25) is 0 Å². The van der Waals surface area contributed by atoms with Crippen molar-refractivity contribution in [3.8, 4) is 0 Å². The summed E-state index contributed by atoms with van der Waals surface area (Å²) in [6.45, 7) is 10.2. The molecule has 0 spiro atoms. The minimum Gasteiger partial charge on any atom is -0.464 e. The van der Waals surface area contributed by atoms with Crippen molar-refractivity contribution in [2.75, 3.05) is 13.2 Å². The van der Waals surface area contributed by atoms with Crippen molar-refractivity contribution in [3.05, 3.63) is 0 Å². The van der Waals surface area contributed by atoms with E-state index in [9.17, 15) is 9.59 Å². The molecule has 0 aliphatic carbocycles. The summed E-state index contributed by atoms with van der Waals surface area (Å²) in [6, 6.07) is 0. The Morgan fingerprint density at radius 3 is 2.36 bits per heavy atom. The van der Waals surface area contributed by atoms with E-state index in [1.54, 1.807) is 11.8 Å². The highest BCUT2D eigenvalue weighted by molar-refractivity contribution is 5.86. The van der Waals surface area contributed by atoms with Crippen molar-refractivity contribution in [1.29, 1.82) is 0 Å². The third-order valence-corrected chi connectivity index (χ3v) is 3.92. The largest absolute Gasteiger partial charge is 0.464 e. The van der Waals surface area contributed by atoms with Crippen LogP contribution in [0.4, 0.5) is 4.79 Å². The summed E-state index contributed by atoms with van der Waals surface area (Å²) in [5.41, 5.74) is -1.44. The van der Waals surface area contributed by atoms with Gasteiger partial charge in [-0.1, -0.05) is 26.2 Å². The minimum atomic E-state index is -0.871. The molecule has 1 aliphatic heterocycles. The number of carbonyl (C=O) groups excluding carboxylic acids is 2. The van der Waals surface area contributed by atoms with Crippen LogP contribution in [-0.4, -0.2) is 41.3 Å². The van der Waals surface area contributed by atoms with Crippen LogP contribution >= 0.6 is 0 Å². The lowest BCUT2D eigenvalue weighted by atomic mass is 9.87. The van der Waals surface area contributed by atoms with Crippen LogP contribution in [0.3, 0.4) is 0 Å². The Morgan fingerprint density at radius 2 is 1.82 bits per heavy atom. The van der Waals surface area contributed by atoms with Gasteiger partial charge in [0.1, 0.15) is 11.1 Å². The Bertz CT molecular complexity index is 389. The van der Waals surface area contributed by atoms with Crippen LogP contribution in [0.1, 0.15) is 73.1 Å². The molecule has 0 unspecified atom stereocenters. The zero-order valence-electron chi connectivity index (χ0n) is 14.7. The van der Waals surface area contributed by atoms with Crippen molar-refractivity contribution in [2.45, 2.75) is 84.3 Å². The molecule has 1 rings (SSSR count). The second kappa shape index (κ2) is 7.84. The molecule has 1 fully saturated rings. The van der Waals surface area contributed by atoms with Crippen LogP contribution in [0.25, 0.3) is 0 Å². The Hall–Kier alpha value is -1.26. The quantitative estimate of drug-likeness (QED) is 0.739. The van der Waals surface area contributed by atoms with Crippen LogP contribution < -0.4 is 0 Å². The number of hydrogen-bond acceptors (Lipinski definition) is 4. The normalized spacial score (nSPS) is 22.9. The molecule has 5 nitrogen and oxygen atoms in total. The minimum absolute atomic E-state index is 0.287. The molecule has 0 aromatic rings. The van der Waals surface area contributed by atoms with Gasteiger partial charge in [0.25, 0.3) is 0 Å². The maximum absolute atomic E-state index is 12.7. The van der Waals surface area contributed by atoms with E-state index in [1.165, 1.54) is 0 Å². The Kier molecular flexibility index (Phi) is 6.69. The maximum atomic E-state index is 12.7. The topological polar surface area (TPSA) is 55.8 Å². The van der Waals surface area contributed by atoms with Crippen LogP contribution in [0, 0.1) is 0 Å². The van der Waals surface area contributed by atoms with Crippen molar-refractivity contribution in [3.63, 3.8) is 0 Å². The van der Waals surface area contributed by atoms with E-state index in [0.29, 0.717) is 26.0 Å². The predicted molar refractivity (Wildman–Crippen MR) is 85.7 cm³/mol. The second-order valence-electron chi connectivity index (χ2n) is 6.94. The zero-order chi connectivity index (χ0) is 16.8. The Balaban J connectivity index is 3.13. The van der Waals surface area contributed by atoms with Gasteiger partial charge in [-0.25, -0.2) is 9.59 Å². The molecule has 1 heterocycles. The summed E-state index contributed by atoms with van der Waals surface area (Å²) >= 11 is 0. The predicted octanol–water partition coefficient (Wildman–Crippen LogP) is 3.90. The molecule has 128 valence electrons. The van der Waals surface area contributed by atoms with Gasteiger partial charge in [-0.3, -0.25) is 4.90 Å². The van der Waals surface area contributed by atoms with Crippen molar-refractivity contribution in [1.82, 2.24) is 4.90 Å². The zero-order valence-corrected chi connectivity index (χ0v) is 14.7. The third kappa shape index (κ3) is 4.62. The average molecular weight is 313 g/mol. The highest BCUT2D eigenvalue weighted by Gasteiger charge is 2.48. The molecule has 0 bridgehead atoms. The highest BCUT2D eigenvalue weighted by Crippen LogP contribution is 2.34. The number of amides is 1. The summed E-state index contributed by atoms with van der Waals surface area (Å²) in [7, 11) is 0. The number of esters is 1. The summed E-state index contributed by atoms with van der Waals surface area (Å²) in [4.78, 5) is 27.0. The molecule has 22 heavy (non-hydrogen) atoms. The summed E-state index contributed by atoms with van der Waals surface area (Å²) in [5, 5.41) is 0. The lowest BCUT2D eigenvalue weighted by Gasteiger charge is -2.41. The smallest absolute Gasteiger partial charge is 0.411 e. The molecule has 5 heteroatoms. The van der Waals surface area contributed by atoms with Crippen LogP contribution in [-0.2, 0) is 14.3 Å². The van der Waals surface area contributed by atoms with Crippen molar-refractivity contribution >= 4 is 12.1 Å². The molecule has 0 aromatic heterocycles. The molecule has 0 radical (unpaired) electrons. The highest BCUT2D eigenvalue weighted by atomic mass is 16.6. The van der Waals surface area contributed by atoms with E-state index in [1.807, 2.05) is 27.7 Å². The van der Waals surface area contributed by atoms with E-state index >= 15 is 0 Å². The molecular weight excluding hydrogens is 282 g/mol. The van der Waals surface area contributed by atoms with Gasteiger partial charge in [0.2, 0.25) is 0 Å². The Morgan fingerprint density at radius 1 is 1.14 bits per heavy atom. The maximum Gasteiger partial charge on any atom is 0.411 e. The van der Waals surface area contributed by atoms with Gasteiger partial charge in [-0.15, -0.1) is 0 Å². The Labute approximate surface area is 134 Å². The fraction of sp³-hybridized carbons (Fsp3) is 0.882. The van der Waals surface area contributed by atoms with Crippen LogP contribution in [0.5, 0.6) is 0 Å². The number of likely N-dealkylation sites (tertiary alicyclic amines) is 1. The van der Waals surface area contributed by atoms with E-state index in [4.69, 9.17) is 9.47 Å². The van der Waals surface area contributed by atoms with E-state index in [2.05, 4.69) is 0 Å². The van der Waals surface area contributed by atoms with Gasteiger partial charge < -0.3 is 9.47 Å². The lowest BCUT2D eigenvalue weighted by molar-refractivity contribution is -0.158. The number of hydrogen-bond donors (Lipinski definition) is 0. The van der Waals surface area contributed by atoms with E-state index in [-0.39, 0.29) is 5.97 Å². The first-order valence-corrected chi connectivity index (χ1v) is 8.44.